The van der Waals surface area contributed by atoms with Gasteiger partial charge in [0, 0.05) is 36.3 Å². The van der Waals surface area contributed by atoms with Gasteiger partial charge in [0.15, 0.2) is 0 Å². The van der Waals surface area contributed by atoms with E-state index >= 15 is 0 Å². The lowest BCUT2D eigenvalue weighted by Crippen LogP contribution is -2.14. The number of nitrogens with zero attached hydrogens (tertiary/aromatic N) is 3. The number of aryl methyl sites for hydroxylation is 2. The first-order valence-electron chi connectivity index (χ1n) is 9.41. The fraction of sp³-hybridized carbons (Fsp3) is 0.238. The van der Waals surface area contributed by atoms with Gasteiger partial charge in [-0.2, -0.15) is 4.98 Å². The number of anilines is 4. The highest BCUT2D eigenvalue weighted by molar-refractivity contribution is 6.34. The van der Waals surface area contributed by atoms with Crippen molar-refractivity contribution in [2.75, 3.05) is 22.5 Å². The van der Waals surface area contributed by atoms with Crippen LogP contribution in [0.5, 0.6) is 0 Å². The number of hydrogen-bond donors (Lipinski definition) is 3. The molecule has 7 nitrogen and oxygen atoms in total. The molecule has 3 rings (SSSR count). The van der Waals surface area contributed by atoms with Crippen LogP contribution in [0.15, 0.2) is 42.6 Å². The minimum Gasteiger partial charge on any atom is -0.354 e. The monoisotopic (exact) mass is 410 g/mol. The highest BCUT2D eigenvalue weighted by Gasteiger charge is 2.14. The first-order chi connectivity index (χ1) is 14.0. The van der Waals surface area contributed by atoms with E-state index in [0.717, 1.165) is 24.2 Å². The minimum absolute atomic E-state index is 0.269. The predicted octanol–water partition coefficient (Wildman–Crippen LogP) is 4.82. The fourth-order valence-electron chi connectivity index (χ4n) is 2.80. The smallest absolute Gasteiger partial charge is 0.257 e. The third kappa shape index (κ3) is 5.20. The summed E-state index contributed by atoms with van der Waals surface area (Å²) in [7, 11) is 0. The van der Waals surface area contributed by atoms with Crippen LogP contribution in [0, 0.1) is 6.92 Å². The summed E-state index contributed by atoms with van der Waals surface area (Å²) in [5.41, 5.74) is 2.78. The predicted molar refractivity (Wildman–Crippen MR) is 117 cm³/mol. The molecule has 150 valence electrons. The Bertz CT molecular complexity index is 1000. The summed E-state index contributed by atoms with van der Waals surface area (Å²) in [6.45, 7) is 6.60. The number of halogens is 1. The van der Waals surface area contributed by atoms with Gasteiger partial charge in [0.25, 0.3) is 5.91 Å². The number of hydrogen-bond acceptors (Lipinski definition) is 6. The highest BCUT2D eigenvalue weighted by Crippen LogP contribution is 2.23. The SMILES string of the molecule is CCNc1nc(CC)cc(Nc2cc(NC(=O)c3c(C)cccc3Cl)ccn2)n1. The van der Waals surface area contributed by atoms with Gasteiger partial charge in [-0.25, -0.2) is 9.97 Å². The van der Waals surface area contributed by atoms with Gasteiger partial charge < -0.3 is 16.0 Å². The zero-order valence-corrected chi connectivity index (χ0v) is 17.3. The van der Waals surface area contributed by atoms with Crippen molar-refractivity contribution >= 4 is 40.8 Å². The van der Waals surface area contributed by atoms with Crippen LogP contribution in [0.2, 0.25) is 5.02 Å². The standard InChI is InChI=1S/C21H23ClN6O/c1-4-14-11-18(28-21(26-14)23-5-2)27-17-12-15(9-10-24-17)25-20(29)19-13(3)7-6-8-16(19)22/h6-12H,4-5H2,1-3H3,(H3,23,24,25,26,27,28,29). The molecule has 0 aliphatic rings. The van der Waals surface area contributed by atoms with E-state index in [-0.39, 0.29) is 5.91 Å². The van der Waals surface area contributed by atoms with Crippen molar-refractivity contribution in [3.63, 3.8) is 0 Å². The second kappa shape index (κ2) is 9.34. The lowest BCUT2D eigenvalue weighted by molar-refractivity contribution is 0.102. The van der Waals surface area contributed by atoms with Crippen LogP contribution in [0.4, 0.5) is 23.3 Å². The van der Waals surface area contributed by atoms with Crippen molar-refractivity contribution in [2.45, 2.75) is 27.2 Å². The Morgan fingerprint density at radius 1 is 1.10 bits per heavy atom. The van der Waals surface area contributed by atoms with Gasteiger partial charge in [-0.15, -0.1) is 0 Å². The van der Waals surface area contributed by atoms with Gasteiger partial charge in [0.05, 0.1) is 10.6 Å². The van der Waals surface area contributed by atoms with Gasteiger partial charge in [-0.3, -0.25) is 4.79 Å². The van der Waals surface area contributed by atoms with Crippen molar-refractivity contribution in [2.24, 2.45) is 0 Å². The third-order valence-electron chi connectivity index (χ3n) is 4.20. The fourth-order valence-corrected chi connectivity index (χ4v) is 3.11. The Balaban J connectivity index is 1.80. The Labute approximate surface area is 175 Å². The number of nitrogens with one attached hydrogen (secondary N) is 3. The number of carbonyl (C=O) groups is 1. The summed E-state index contributed by atoms with van der Waals surface area (Å²) in [5, 5.41) is 9.58. The molecular weight excluding hydrogens is 388 g/mol. The molecule has 0 unspecified atom stereocenters. The minimum atomic E-state index is -0.269. The number of amides is 1. The van der Waals surface area contributed by atoms with Crippen molar-refractivity contribution in [3.8, 4) is 0 Å². The Hall–Kier alpha value is -3.19. The van der Waals surface area contributed by atoms with E-state index in [9.17, 15) is 4.79 Å². The number of aromatic nitrogens is 3. The maximum absolute atomic E-state index is 12.7. The van der Waals surface area contributed by atoms with Gasteiger partial charge >= 0.3 is 0 Å². The topological polar surface area (TPSA) is 91.8 Å². The van der Waals surface area contributed by atoms with E-state index in [1.54, 1.807) is 24.4 Å². The first-order valence-corrected chi connectivity index (χ1v) is 9.79. The molecule has 0 bridgehead atoms. The molecular formula is C21H23ClN6O. The van der Waals surface area contributed by atoms with Crippen LogP contribution in [-0.4, -0.2) is 27.4 Å². The molecule has 0 atom stereocenters. The Morgan fingerprint density at radius 2 is 1.93 bits per heavy atom. The molecule has 0 saturated carbocycles. The first kappa shape index (κ1) is 20.5. The molecule has 1 amide bonds. The molecule has 0 spiro atoms. The van der Waals surface area contributed by atoms with Crippen LogP contribution in [0.3, 0.4) is 0 Å². The number of rotatable bonds is 7. The molecule has 0 radical (unpaired) electrons. The van der Waals surface area contributed by atoms with Crippen molar-refractivity contribution in [1.29, 1.82) is 0 Å². The maximum Gasteiger partial charge on any atom is 0.257 e. The van der Waals surface area contributed by atoms with Crippen LogP contribution >= 0.6 is 11.6 Å². The molecule has 0 fully saturated rings. The highest BCUT2D eigenvalue weighted by atomic mass is 35.5. The van der Waals surface area contributed by atoms with Gasteiger partial charge in [0.1, 0.15) is 11.6 Å². The lowest BCUT2D eigenvalue weighted by Gasteiger charge is -2.12. The molecule has 8 heteroatoms. The summed E-state index contributed by atoms with van der Waals surface area (Å²) < 4.78 is 0. The van der Waals surface area contributed by atoms with Crippen LogP contribution in [0.25, 0.3) is 0 Å². The second-order valence-electron chi connectivity index (χ2n) is 6.39. The van der Waals surface area contributed by atoms with Crippen LogP contribution in [0.1, 0.15) is 35.5 Å². The maximum atomic E-state index is 12.7. The van der Waals surface area contributed by atoms with Crippen molar-refractivity contribution < 1.29 is 4.79 Å². The molecule has 2 heterocycles. The average molecular weight is 411 g/mol. The van der Waals surface area contributed by atoms with Crippen LogP contribution < -0.4 is 16.0 Å². The number of benzene rings is 1. The largest absolute Gasteiger partial charge is 0.354 e. The van der Waals surface area contributed by atoms with E-state index in [0.29, 0.717) is 33.9 Å². The zero-order valence-electron chi connectivity index (χ0n) is 16.6. The van der Waals surface area contributed by atoms with E-state index in [2.05, 4.69) is 30.9 Å². The summed E-state index contributed by atoms with van der Waals surface area (Å²) in [5.74, 6) is 1.48. The molecule has 2 aromatic heterocycles. The Morgan fingerprint density at radius 3 is 2.66 bits per heavy atom. The quantitative estimate of drug-likeness (QED) is 0.517. The summed E-state index contributed by atoms with van der Waals surface area (Å²) in [6, 6.07) is 10.7. The van der Waals surface area contributed by atoms with Gasteiger partial charge in [0.2, 0.25) is 5.95 Å². The molecule has 1 aromatic carbocycles. The van der Waals surface area contributed by atoms with Crippen molar-refractivity contribution in [1.82, 2.24) is 15.0 Å². The molecule has 0 saturated heterocycles. The van der Waals surface area contributed by atoms with E-state index < -0.39 is 0 Å². The molecule has 0 aliphatic carbocycles. The molecule has 3 aromatic rings. The zero-order chi connectivity index (χ0) is 20.8. The normalized spacial score (nSPS) is 10.5. The number of pyridine rings is 1. The van der Waals surface area contributed by atoms with Gasteiger partial charge in [-0.1, -0.05) is 30.7 Å². The van der Waals surface area contributed by atoms with Crippen molar-refractivity contribution in [3.05, 3.63) is 64.4 Å². The number of carbonyl (C=O) groups excluding carboxylic acids is 1. The lowest BCUT2D eigenvalue weighted by atomic mass is 10.1. The van der Waals surface area contributed by atoms with Crippen LogP contribution in [-0.2, 0) is 6.42 Å². The summed E-state index contributed by atoms with van der Waals surface area (Å²) >= 11 is 6.19. The molecule has 0 aliphatic heterocycles. The molecule has 29 heavy (non-hydrogen) atoms. The average Bonchev–Trinajstić information content (AvgIpc) is 2.68. The Kier molecular flexibility index (Phi) is 6.61. The second-order valence-corrected chi connectivity index (χ2v) is 6.80. The molecule has 3 N–H and O–H groups in total. The van der Waals surface area contributed by atoms with E-state index in [1.807, 2.05) is 39.0 Å². The summed E-state index contributed by atoms with van der Waals surface area (Å²) in [6.07, 6.45) is 2.40. The van der Waals surface area contributed by atoms with E-state index in [4.69, 9.17) is 11.6 Å². The summed E-state index contributed by atoms with van der Waals surface area (Å²) in [4.78, 5) is 25.9. The third-order valence-corrected chi connectivity index (χ3v) is 4.51. The van der Waals surface area contributed by atoms with E-state index in [1.165, 1.54) is 0 Å². The van der Waals surface area contributed by atoms with Gasteiger partial charge in [-0.05, 0) is 38.0 Å².